The molecule has 1 aromatic heterocycles. The Kier molecular flexibility index (Phi) is 6.28. The second kappa shape index (κ2) is 8.88. The van der Waals surface area contributed by atoms with Gasteiger partial charge in [0.05, 0.1) is 12.6 Å². The van der Waals surface area contributed by atoms with Crippen LogP contribution >= 0.6 is 0 Å². The first kappa shape index (κ1) is 19.8. The molecule has 1 N–H and O–H groups in total. The molecule has 4 unspecified atom stereocenters. The molecule has 4 rings (SSSR count). The van der Waals surface area contributed by atoms with Gasteiger partial charge in [-0.25, -0.2) is 0 Å². The number of carbonyl (C=O) groups excluding carboxylic acids is 1. The molecule has 3 aliphatic rings. The predicted molar refractivity (Wildman–Crippen MR) is 103 cm³/mol. The van der Waals surface area contributed by atoms with Crippen molar-refractivity contribution in [3.05, 3.63) is 11.7 Å². The van der Waals surface area contributed by atoms with Gasteiger partial charge in [-0.2, -0.15) is 4.98 Å². The summed E-state index contributed by atoms with van der Waals surface area (Å²) in [5.41, 5.74) is 0. The Morgan fingerprint density at radius 1 is 1.25 bits per heavy atom. The standard InChI is InChI=1S/C20H33N5O3/c1-14(27-2)19-22-18(28-23-19)13-24-8-5-9-25(11-10-24)20(26)17-12-15-6-3-4-7-16(15)21-17/h14-17,21H,3-13H2,1-2H3. The quantitative estimate of drug-likeness (QED) is 0.818. The number of ether oxygens (including phenoxy) is 1. The summed E-state index contributed by atoms with van der Waals surface area (Å²) in [6.45, 7) is 5.89. The van der Waals surface area contributed by atoms with Gasteiger partial charge in [0, 0.05) is 39.3 Å². The van der Waals surface area contributed by atoms with Crippen molar-refractivity contribution in [2.45, 2.75) is 70.2 Å². The highest BCUT2D eigenvalue weighted by Gasteiger charge is 2.39. The van der Waals surface area contributed by atoms with Crippen LogP contribution in [0.25, 0.3) is 0 Å². The Morgan fingerprint density at radius 2 is 2.11 bits per heavy atom. The fourth-order valence-electron chi connectivity index (χ4n) is 4.87. The lowest BCUT2D eigenvalue weighted by atomic mass is 9.85. The molecule has 8 heteroatoms. The summed E-state index contributed by atoms with van der Waals surface area (Å²) in [4.78, 5) is 21.8. The highest BCUT2D eigenvalue weighted by molar-refractivity contribution is 5.82. The van der Waals surface area contributed by atoms with Crippen LogP contribution < -0.4 is 5.32 Å². The van der Waals surface area contributed by atoms with Gasteiger partial charge in [0.2, 0.25) is 11.8 Å². The number of hydrogen-bond donors (Lipinski definition) is 1. The largest absolute Gasteiger partial charge is 0.374 e. The van der Waals surface area contributed by atoms with Crippen molar-refractivity contribution in [1.29, 1.82) is 0 Å². The van der Waals surface area contributed by atoms with E-state index < -0.39 is 0 Å². The van der Waals surface area contributed by atoms with Crippen LogP contribution in [-0.4, -0.2) is 71.2 Å². The Labute approximate surface area is 167 Å². The zero-order valence-corrected chi connectivity index (χ0v) is 17.1. The molecular weight excluding hydrogens is 358 g/mol. The number of aromatic nitrogens is 2. The molecule has 0 bridgehead atoms. The molecule has 2 aliphatic heterocycles. The molecule has 3 fully saturated rings. The number of carbonyl (C=O) groups is 1. The van der Waals surface area contributed by atoms with E-state index in [-0.39, 0.29) is 12.1 Å². The van der Waals surface area contributed by atoms with Crippen LogP contribution in [0.1, 0.15) is 63.3 Å². The Bertz CT molecular complexity index is 652. The molecule has 8 nitrogen and oxygen atoms in total. The molecule has 1 saturated carbocycles. The first-order valence-corrected chi connectivity index (χ1v) is 10.8. The van der Waals surface area contributed by atoms with Crippen LogP contribution in [0.5, 0.6) is 0 Å². The van der Waals surface area contributed by atoms with E-state index in [1.54, 1.807) is 7.11 Å². The minimum atomic E-state index is -0.169. The number of nitrogens with one attached hydrogen (secondary N) is 1. The van der Waals surface area contributed by atoms with Crippen molar-refractivity contribution in [2.24, 2.45) is 5.92 Å². The summed E-state index contributed by atoms with van der Waals surface area (Å²) in [6.07, 6.45) is 6.96. The van der Waals surface area contributed by atoms with Gasteiger partial charge in [-0.05, 0) is 38.5 Å². The average Bonchev–Trinajstić information content (AvgIpc) is 3.29. The zero-order valence-electron chi connectivity index (χ0n) is 17.1. The maximum atomic E-state index is 13.1. The summed E-state index contributed by atoms with van der Waals surface area (Å²) >= 11 is 0. The number of fused-ring (bicyclic) bond motifs is 1. The summed E-state index contributed by atoms with van der Waals surface area (Å²) in [7, 11) is 1.63. The first-order chi connectivity index (χ1) is 13.6. The average molecular weight is 392 g/mol. The smallest absolute Gasteiger partial charge is 0.240 e. The lowest BCUT2D eigenvalue weighted by Gasteiger charge is -2.25. The number of nitrogens with zero attached hydrogens (tertiary/aromatic N) is 4. The molecular formula is C20H33N5O3. The SMILES string of the molecule is COC(C)c1noc(CN2CCCN(C(=O)C3CC4CCCCC4N3)CC2)n1. The molecule has 0 spiro atoms. The molecule has 1 aliphatic carbocycles. The molecule has 3 heterocycles. The van der Waals surface area contributed by atoms with Gasteiger partial charge in [-0.15, -0.1) is 0 Å². The topological polar surface area (TPSA) is 83.7 Å². The van der Waals surface area contributed by atoms with E-state index in [0.717, 1.165) is 39.0 Å². The van der Waals surface area contributed by atoms with Gasteiger partial charge in [0.15, 0.2) is 5.82 Å². The Balaban J connectivity index is 1.29. The molecule has 156 valence electrons. The zero-order chi connectivity index (χ0) is 19.5. The molecule has 1 aromatic rings. The third-order valence-electron chi connectivity index (χ3n) is 6.62. The Morgan fingerprint density at radius 3 is 2.93 bits per heavy atom. The normalized spacial score (nSPS) is 30.1. The second-order valence-corrected chi connectivity index (χ2v) is 8.49. The van der Waals surface area contributed by atoms with Crippen molar-refractivity contribution in [1.82, 2.24) is 25.3 Å². The van der Waals surface area contributed by atoms with E-state index in [0.29, 0.717) is 36.1 Å². The minimum absolute atomic E-state index is 0.0219. The van der Waals surface area contributed by atoms with Crippen molar-refractivity contribution in [3.8, 4) is 0 Å². The molecule has 1 amide bonds. The summed E-state index contributed by atoms with van der Waals surface area (Å²) < 4.78 is 10.6. The number of hydrogen-bond acceptors (Lipinski definition) is 7. The molecule has 28 heavy (non-hydrogen) atoms. The van der Waals surface area contributed by atoms with E-state index in [4.69, 9.17) is 9.26 Å². The third kappa shape index (κ3) is 4.39. The predicted octanol–water partition coefficient (Wildman–Crippen LogP) is 1.73. The van der Waals surface area contributed by atoms with E-state index in [1.807, 2.05) is 6.92 Å². The maximum Gasteiger partial charge on any atom is 0.240 e. The highest BCUT2D eigenvalue weighted by atomic mass is 16.5. The highest BCUT2D eigenvalue weighted by Crippen LogP contribution is 2.33. The van der Waals surface area contributed by atoms with Gasteiger partial charge in [-0.3, -0.25) is 9.69 Å². The first-order valence-electron chi connectivity index (χ1n) is 10.8. The fraction of sp³-hybridized carbons (Fsp3) is 0.850. The van der Waals surface area contributed by atoms with E-state index in [9.17, 15) is 4.79 Å². The van der Waals surface area contributed by atoms with Gasteiger partial charge < -0.3 is 19.5 Å². The van der Waals surface area contributed by atoms with Gasteiger partial charge in [-0.1, -0.05) is 18.0 Å². The molecule has 0 aromatic carbocycles. The lowest BCUT2D eigenvalue weighted by Crippen LogP contribution is -2.46. The fourth-order valence-corrected chi connectivity index (χ4v) is 4.87. The van der Waals surface area contributed by atoms with E-state index in [2.05, 4.69) is 25.3 Å². The third-order valence-corrected chi connectivity index (χ3v) is 6.62. The number of methoxy groups -OCH3 is 1. The Hall–Kier alpha value is -1.51. The van der Waals surface area contributed by atoms with Crippen molar-refractivity contribution in [3.63, 3.8) is 0 Å². The van der Waals surface area contributed by atoms with Gasteiger partial charge in [0.1, 0.15) is 6.10 Å². The lowest BCUT2D eigenvalue weighted by molar-refractivity contribution is -0.133. The van der Waals surface area contributed by atoms with Crippen LogP contribution in [0.4, 0.5) is 0 Å². The molecule has 0 radical (unpaired) electrons. The van der Waals surface area contributed by atoms with Crippen molar-refractivity contribution >= 4 is 5.91 Å². The van der Waals surface area contributed by atoms with Gasteiger partial charge in [0.25, 0.3) is 0 Å². The summed E-state index contributed by atoms with van der Waals surface area (Å²) in [5, 5.41) is 7.63. The van der Waals surface area contributed by atoms with Crippen LogP contribution in [0.15, 0.2) is 4.52 Å². The summed E-state index contributed by atoms with van der Waals surface area (Å²) in [6, 6.07) is 0.584. The molecule has 2 saturated heterocycles. The molecule has 4 atom stereocenters. The van der Waals surface area contributed by atoms with Crippen molar-refractivity contribution < 1.29 is 14.1 Å². The van der Waals surface area contributed by atoms with E-state index >= 15 is 0 Å². The van der Waals surface area contributed by atoms with Crippen molar-refractivity contribution in [2.75, 3.05) is 33.3 Å². The van der Waals surface area contributed by atoms with Crippen LogP contribution in [0.3, 0.4) is 0 Å². The van der Waals surface area contributed by atoms with E-state index in [1.165, 1.54) is 25.7 Å². The monoisotopic (exact) mass is 391 g/mol. The number of amides is 1. The number of rotatable bonds is 5. The van der Waals surface area contributed by atoms with Crippen LogP contribution in [0.2, 0.25) is 0 Å². The van der Waals surface area contributed by atoms with Crippen LogP contribution in [0, 0.1) is 5.92 Å². The maximum absolute atomic E-state index is 13.1. The van der Waals surface area contributed by atoms with Crippen LogP contribution in [-0.2, 0) is 16.1 Å². The van der Waals surface area contributed by atoms with Gasteiger partial charge >= 0.3 is 0 Å². The summed E-state index contributed by atoms with van der Waals surface area (Å²) in [5.74, 6) is 2.19. The minimum Gasteiger partial charge on any atom is -0.374 e. The second-order valence-electron chi connectivity index (χ2n) is 8.49.